The van der Waals surface area contributed by atoms with Crippen molar-refractivity contribution >= 4 is 23.0 Å². The minimum absolute atomic E-state index is 0.939. The van der Waals surface area contributed by atoms with Crippen LogP contribution in [0, 0.1) is 0 Å². The molecular formula is C22H29ClN3+. The molecule has 0 saturated heterocycles. The molecule has 0 atom stereocenters. The molecule has 0 aliphatic heterocycles. The number of nitrogens with zero attached hydrogens (tertiary/aromatic N) is 2. The fraction of sp³-hybridized carbons (Fsp3) is 0.227. The highest BCUT2D eigenvalue weighted by Crippen LogP contribution is 2.12. The molecule has 3 nitrogen and oxygen atoms in total. The largest absolute Gasteiger partial charge is 0.316 e. The lowest BCUT2D eigenvalue weighted by Crippen LogP contribution is -2.76. The van der Waals surface area contributed by atoms with E-state index in [1.807, 2.05) is 50.2 Å². The molecular weight excluding hydrogens is 342 g/mol. The van der Waals surface area contributed by atoms with E-state index in [9.17, 15) is 0 Å². The number of nitrogens with two attached hydrogens (primary N) is 1. The molecule has 2 N–H and O–H groups in total. The van der Waals surface area contributed by atoms with E-state index in [-0.39, 0.29) is 0 Å². The number of hydrogen-bond acceptors (Lipinski definition) is 2. The van der Waals surface area contributed by atoms with Crippen LogP contribution in [0.15, 0.2) is 89.7 Å². The maximum atomic E-state index is 4.67. The van der Waals surface area contributed by atoms with Crippen molar-refractivity contribution in [1.29, 1.82) is 0 Å². The van der Waals surface area contributed by atoms with Gasteiger partial charge in [0.15, 0.2) is 0 Å². The Balaban J connectivity index is 0.00000163. The topological polar surface area (TPSA) is 32.2 Å². The van der Waals surface area contributed by atoms with Gasteiger partial charge in [0.05, 0.1) is 17.6 Å². The second-order valence-corrected chi connectivity index (χ2v) is 5.57. The van der Waals surface area contributed by atoms with Gasteiger partial charge in [-0.1, -0.05) is 54.6 Å². The van der Waals surface area contributed by atoms with Crippen molar-refractivity contribution in [3.63, 3.8) is 0 Å². The normalized spacial score (nSPS) is 11.9. The number of hydrazone groups is 1. The SMILES string of the molecule is C/C=C(\C=C/[NH2+]Cc1ccccc1)C(/C)=N/N(C)c1ccccc1.CCl. The molecule has 0 amide bonds. The number of benzene rings is 2. The zero-order chi connectivity index (χ0) is 19.2. The molecule has 0 aliphatic carbocycles. The lowest BCUT2D eigenvalue weighted by molar-refractivity contribution is -0.604. The van der Waals surface area contributed by atoms with E-state index in [4.69, 9.17) is 0 Å². The average molecular weight is 371 g/mol. The molecule has 4 heteroatoms. The van der Waals surface area contributed by atoms with Crippen molar-refractivity contribution < 1.29 is 5.32 Å². The summed E-state index contributed by atoms with van der Waals surface area (Å²) in [5.74, 6) is 0. The first-order valence-corrected chi connectivity index (χ1v) is 9.38. The van der Waals surface area contributed by atoms with Crippen LogP contribution in [0.2, 0.25) is 0 Å². The molecule has 2 rings (SSSR count). The monoisotopic (exact) mass is 370 g/mol. The quantitative estimate of drug-likeness (QED) is 0.329. The van der Waals surface area contributed by atoms with Crippen molar-refractivity contribution in [1.82, 2.24) is 0 Å². The Labute approximate surface area is 162 Å². The standard InChI is InChI=1S/C21H25N3.CH3Cl/c1-4-20(15-16-22-17-19-11-7-5-8-12-19)18(2)23-24(3)21-13-9-6-10-14-21;1-2/h4-16,22H,17H2,1-3H3;1H3/p+1/b16-15-,20-4+,23-18+;. The molecule has 2 aromatic rings. The van der Waals surface area contributed by atoms with E-state index in [1.54, 1.807) is 0 Å². The molecule has 0 radical (unpaired) electrons. The molecule has 0 saturated carbocycles. The number of halogens is 1. The van der Waals surface area contributed by atoms with Crippen LogP contribution in [0.3, 0.4) is 0 Å². The molecule has 0 bridgehead atoms. The zero-order valence-corrected chi connectivity index (χ0v) is 16.8. The first-order chi connectivity index (χ1) is 12.7. The van der Waals surface area contributed by atoms with Gasteiger partial charge in [-0.2, -0.15) is 5.10 Å². The number of allylic oxidation sites excluding steroid dienone is 3. The average Bonchev–Trinajstić information content (AvgIpc) is 2.71. The predicted octanol–water partition coefficient (Wildman–Crippen LogP) is 4.58. The number of anilines is 1. The molecule has 0 unspecified atom stereocenters. The molecule has 0 aliphatic rings. The van der Waals surface area contributed by atoms with Gasteiger partial charge in [0.25, 0.3) is 0 Å². The van der Waals surface area contributed by atoms with Crippen molar-refractivity contribution in [3.05, 3.63) is 90.2 Å². The van der Waals surface area contributed by atoms with Gasteiger partial charge < -0.3 is 5.32 Å². The lowest BCUT2D eigenvalue weighted by Gasteiger charge is -2.14. The molecule has 0 fully saturated rings. The molecule has 138 valence electrons. The van der Waals surface area contributed by atoms with Crippen molar-refractivity contribution in [2.45, 2.75) is 20.4 Å². The van der Waals surface area contributed by atoms with Crippen LogP contribution in [0.5, 0.6) is 0 Å². The van der Waals surface area contributed by atoms with E-state index in [2.05, 4.69) is 76.8 Å². The van der Waals surface area contributed by atoms with Gasteiger partial charge >= 0.3 is 0 Å². The Morgan fingerprint density at radius 2 is 1.62 bits per heavy atom. The summed E-state index contributed by atoms with van der Waals surface area (Å²) in [6.45, 7) is 5.02. The maximum Gasteiger partial charge on any atom is 0.105 e. The van der Waals surface area contributed by atoms with Crippen molar-refractivity contribution in [3.8, 4) is 0 Å². The third-order valence-electron chi connectivity index (χ3n) is 3.77. The summed E-state index contributed by atoms with van der Waals surface area (Å²) in [6.07, 6.45) is 7.77. The molecule has 0 spiro atoms. The Kier molecular flexibility index (Phi) is 10.8. The van der Waals surface area contributed by atoms with E-state index >= 15 is 0 Å². The van der Waals surface area contributed by atoms with Crippen LogP contribution < -0.4 is 10.3 Å². The third kappa shape index (κ3) is 7.68. The highest BCUT2D eigenvalue weighted by atomic mass is 35.5. The first kappa shape index (κ1) is 21.7. The lowest BCUT2D eigenvalue weighted by atomic mass is 10.1. The van der Waals surface area contributed by atoms with E-state index < -0.39 is 0 Å². The Morgan fingerprint density at radius 1 is 1.04 bits per heavy atom. The fourth-order valence-electron chi connectivity index (χ4n) is 2.40. The number of quaternary nitrogens is 1. The number of para-hydroxylation sites is 1. The van der Waals surface area contributed by atoms with Gasteiger partial charge in [-0.25, -0.2) is 0 Å². The minimum atomic E-state index is 0.939. The van der Waals surface area contributed by atoms with Gasteiger partial charge in [-0.15, -0.1) is 11.6 Å². The maximum absolute atomic E-state index is 4.67. The predicted molar refractivity (Wildman–Crippen MR) is 115 cm³/mol. The number of alkyl halides is 1. The Bertz CT molecular complexity index is 707. The van der Waals surface area contributed by atoms with Crippen LogP contribution in [-0.2, 0) is 6.54 Å². The summed E-state index contributed by atoms with van der Waals surface area (Å²) in [5.41, 5.74) is 4.51. The first-order valence-electron chi connectivity index (χ1n) is 8.63. The van der Waals surface area contributed by atoms with Crippen LogP contribution in [0.1, 0.15) is 19.4 Å². The van der Waals surface area contributed by atoms with Crippen LogP contribution in [0.25, 0.3) is 0 Å². The number of hydrogen-bond donors (Lipinski definition) is 1. The molecule has 2 aromatic carbocycles. The highest BCUT2D eigenvalue weighted by molar-refractivity contribution is 6.15. The van der Waals surface area contributed by atoms with E-state index in [0.717, 1.165) is 23.5 Å². The smallest absolute Gasteiger partial charge is 0.105 e. The summed E-state index contributed by atoms with van der Waals surface area (Å²) in [7, 11) is 1.97. The second-order valence-electron chi connectivity index (χ2n) is 5.57. The number of rotatable bonds is 7. The fourth-order valence-corrected chi connectivity index (χ4v) is 2.40. The Morgan fingerprint density at radius 3 is 2.19 bits per heavy atom. The Hall–Kier alpha value is -2.36. The van der Waals surface area contributed by atoms with Gasteiger partial charge in [-0.05, 0) is 37.6 Å². The highest BCUT2D eigenvalue weighted by Gasteiger charge is 2.02. The summed E-state index contributed by atoms with van der Waals surface area (Å²) < 4.78 is 0. The van der Waals surface area contributed by atoms with Gasteiger partial charge in [0, 0.05) is 19.0 Å². The van der Waals surface area contributed by atoms with Crippen molar-refractivity contribution in [2.75, 3.05) is 18.4 Å². The van der Waals surface area contributed by atoms with Gasteiger partial charge in [0.1, 0.15) is 6.54 Å². The minimum Gasteiger partial charge on any atom is -0.316 e. The zero-order valence-electron chi connectivity index (χ0n) is 16.1. The van der Waals surface area contributed by atoms with Gasteiger partial charge in [-0.3, -0.25) is 5.01 Å². The summed E-state index contributed by atoms with van der Waals surface area (Å²) >= 11 is 4.64. The van der Waals surface area contributed by atoms with E-state index in [1.165, 1.54) is 11.9 Å². The molecule has 26 heavy (non-hydrogen) atoms. The summed E-state index contributed by atoms with van der Waals surface area (Å²) in [4.78, 5) is 0. The van der Waals surface area contributed by atoms with Crippen LogP contribution in [-0.4, -0.2) is 19.1 Å². The van der Waals surface area contributed by atoms with Gasteiger partial charge in [0.2, 0.25) is 0 Å². The summed E-state index contributed by atoms with van der Waals surface area (Å²) in [5, 5.41) is 8.75. The molecule has 0 aromatic heterocycles. The molecule has 0 heterocycles. The second kappa shape index (κ2) is 12.9. The van der Waals surface area contributed by atoms with Crippen LogP contribution >= 0.6 is 11.6 Å². The third-order valence-corrected chi connectivity index (χ3v) is 3.77. The van der Waals surface area contributed by atoms with Crippen molar-refractivity contribution in [2.24, 2.45) is 5.10 Å². The van der Waals surface area contributed by atoms with E-state index in [0.29, 0.717) is 0 Å². The van der Waals surface area contributed by atoms with Crippen LogP contribution in [0.4, 0.5) is 5.69 Å². The summed E-state index contributed by atoms with van der Waals surface area (Å²) in [6, 6.07) is 20.6.